The highest BCUT2D eigenvalue weighted by Gasteiger charge is 2.23. The number of aryl methyl sites for hydroxylation is 1. The fraction of sp³-hybridized carbons (Fsp3) is 0.174. The second kappa shape index (κ2) is 8.95. The molecule has 1 atom stereocenters. The number of aromatic amines is 1. The van der Waals surface area contributed by atoms with Crippen LogP contribution in [0.5, 0.6) is 0 Å². The second-order valence-electron chi connectivity index (χ2n) is 7.58. The number of hydrogen-bond acceptors (Lipinski definition) is 5. The molecule has 4 N–H and O–H groups in total. The molecule has 0 fully saturated rings. The minimum atomic E-state index is -0.924. The molecule has 0 aliphatic heterocycles. The van der Waals surface area contributed by atoms with E-state index in [0.29, 0.717) is 10.8 Å². The summed E-state index contributed by atoms with van der Waals surface area (Å²) in [7, 11) is 1.44. The third-order valence-corrected chi connectivity index (χ3v) is 5.26. The van der Waals surface area contributed by atoms with Crippen LogP contribution in [0.4, 0.5) is 0 Å². The number of aromatic nitrogens is 3. The molecule has 2 heterocycles. The molecule has 0 saturated carbocycles. The third kappa shape index (κ3) is 4.45. The first-order chi connectivity index (χ1) is 15.8. The molecule has 0 aliphatic carbocycles. The monoisotopic (exact) mass is 446 g/mol. The molecule has 0 aliphatic rings. The minimum absolute atomic E-state index is 0.0132. The quantitative estimate of drug-likeness (QED) is 0.338. The fourth-order valence-electron chi connectivity index (χ4n) is 3.71. The van der Waals surface area contributed by atoms with Gasteiger partial charge in [-0.1, -0.05) is 36.4 Å². The van der Waals surface area contributed by atoms with Gasteiger partial charge in [-0.25, -0.2) is 4.68 Å². The van der Waals surface area contributed by atoms with Gasteiger partial charge in [0.25, 0.3) is 17.4 Å². The number of carbonyl (C=O) groups is 3. The number of nitrogens with zero attached hydrogens (tertiary/aromatic N) is 2. The van der Waals surface area contributed by atoms with Gasteiger partial charge >= 0.3 is 0 Å². The zero-order chi connectivity index (χ0) is 23.5. The van der Waals surface area contributed by atoms with Gasteiger partial charge in [-0.15, -0.1) is 0 Å². The molecule has 0 radical (unpaired) electrons. The minimum Gasteiger partial charge on any atom is -0.361 e. The van der Waals surface area contributed by atoms with Gasteiger partial charge < -0.3 is 10.3 Å². The number of benzene rings is 2. The van der Waals surface area contributed by atoms with Gasteiger partial charge in [0.05, 0.1) is 5.39 Å². The first-order valence-electron chi connectivity index (χ1n) is 10.2. The first kappa shape index (κ1) is 21.8. The number of rotatable bonds is 5. The van der Waals surface area contributed by atoms with Crippen LogP contribution in [0.2, 0.25) is 0 Å². The van der Waals surface area contributed by atoms with E-state index < -0.39 is 17.9 Å². The Morgan fingerprint density at radius 3 is 2.39 bits per heavy atom. The Morgan fingerprint density at radius 2 is 1.67 bits per heavy atom. The van der Waals surface area contributed by atoms with Crippen molar-refractivity contribution in [2.75, 3.05) is 0 Å². The molecule has 3 amide bonds. The van der Waals surface area contributed by atoms with Crippen molar-refractivity contribution in [2.24, 2.45) is 7.05 Å². The Hall–Kier alpha value is -4.47. The molecule has 2 aromatic heterocycles. The number of hydrogen-bond donors (Lipinski definition) is 4. The van der Waals surface area contributed by atoms with E-state index in [-0.39, 0.29) is 23.6 Å². The molecule has 10 heteroatoms. The van der Waals surface area contributed by atoms with Gasteiger partial charge in [0.15, 0.2) is 5.69 Å². The molecule has 4 aromatic rings. The summed E-state index contributed by atoms with van der Waals surface area (Å²) in [4.78, 5) is 52.7. The lowest BCUT2D eigenvalue weighted by molar-refractivity contribution is -0.128. The number of carbonyl (C=O) groups excluding carboxylic acids is 3. The van der Waals surface area contributed by atoms with E-state index in [1.807, 2.05) is 24.3 Å². The van der Waals surface area contributed by atoms with Crippen molar-refractivity contribution in [1.82, 2.24) is 30.9 Å². The number of nitrogens with one attached hydrogen (secondary N) is 4. The highest BCUT2D eigenvalue weighted by atomic mass is 16.2. The molecule has 0 bridgehead atoms. The average Bonchev–Trinajstić information content (AvgIpc) is 3.21. The molecule has 4 rings (SSSR count). The predicted octanol–water partition coefficient (Wildman–Crippen LogP) is 0.923. The summed E-state index contributed by atoms with van der Waals surface area (Å²) in [6.45, 7) is 1.31. The molecule has 0 unspecified atom stereocenters. The van der Waals surface area contributed by atoms with Crippen LogP contribution in [0.3, 0.4) is 0 Å². The summed E-state index contributed by atoms with van der Waals surface area (Å²) in [6, 6.07) is 13.3. The zero-order valence-electron chi connectivity index (χ0n) is 18.0. The Bertz CT molecular complexity index is 1440. The maximum atomic E-state index is 12.8. The lowest BCUT2D eigenvalue weighted by Crippen LogP contribution is -2.53. The third-order valence-electron chi connectivity index (χ3n) is 5.26. The molecule has 168 valence electrons. The van der Waals surface area contributed by atoms with E-state index in [2.05, 4.69) is 26.3 Å². The Labute approximate surface area is 187 Å². The Morgan fingerprint density at radius 1 is 1.00 bits per heavy atom. The summed E-state index contributed by atoms with van der Waals surface area (Å²) in [6.07, 6.45) is 2.00. The largest absolute Gasteiger partial charge is 0.361 e. The molecule has 0 saturated heterocycles. The van der Waals surface area contributed by atoms with Crippen molar-refractivity contribution < 1.29 is 14.4 Å². The highest BCUT2D eigenvalue weighted by Crippen LogP contribution is 2.19. The van der Waals surface area contributed by atoms with Crippen LogP contribution in [-0.2, 0) is 23.1 Å². The first-order valence-corrected chi connectivity index (χ1v) is 10.2. The zero-order valence-corrected chi connectivity index (χ0v) is 18.0. The van der Waals surface area contributed by atoms with E-state index in [4.69, 9.17) is 0 Å². The van der Waals surface area contributed by atoms with Crippen LogP contribution < -0.4 is 21.7 Å². The van der Waals surface area contributed by atoms with E-state index in [9.17, 15) is 19.2 Å². The average molecular weight is 446 g/mol. The summed E-state index contributed by atoms with van der Waals surface area (Å²) >= 11 is 0. The molecule has 33 heavy (non-hydrogen) atoms. The SMILES string of the molecule is CC(=O)N[C@@H](Cc1c[nH]c2ccccc12)C(=O)NNC(=O)c1nn(C)c(=O)c2ccccc12. The molecular formula is C23H22N6O4. The number of hydrazine groups is 1. The number of para-hydroxylation sites is 1. The summed E-state index contributed by atoms with van der Waals surface area (Å²) in [5, 5.41) is 8.29. The van der Waals surface area contributed by atoms with Gasteiger partial charge in [0, 0.05) is 42.9 Å². The van der Waals surface area contributed by atoms with Crippen LogP contribution in [0.1, 0.15) is 23.0 Å². The molecule has 0 spiro atoms. The van der Waals surface area contributed by atoms with E-state index in [0.717, 1.165) is 21.1 Å². The maximum Gasteiger partial charge on any atom is 0.290 e. The highest BCUT2D eigenvalue weighted by molar-refractivity contribution is 6.05. The molecule has 2 aromatic carbocycles. The van der Waals surface area contributed by atoms with Crippen LogP contribution in [-0.4, -0.2) is 38.5 Å². The lowest BCUT2D eigenvalue weighted by Gasteiger charge is -2.18. The Balaban J connectivity index is 1.53. The fourth-order valence-corrected chi connectivity index (χ4v) is 3.71. The number of H-pyrrole nitrogens is 1. The van der Waals surface area contributed by atoms with Gasteiger partial charge in [-0.2, -0.15) is 5.10 Å². The van der Waals surface area contributed by atoms with Crippen LogP contribution in [0.25, 0.3) is 21.7 Å². The smallest absolute Gasteiger partial charge is 0.290 e. The summed E-state index contributed by atoms with van der Waals surface area (Å²) in [5.74, 6) is -1.67. The lowest BCUT2D eigenvalue weighted by atomic mass is 10.0. The van der Waals surface area contributed by atoms with Gasteiger partial charge in [-0.05, 0) is 17.7 Å². The van der Waals surface area contributed by atoms with Gasteiger partial charge in [-0.3, -0.25) is 30.0 Å². The van der Waals surface area contributed by atoms with Crippen LogP contribution in [0, 0.1) is 0 Å². The van der Waals surface area contributed by atoms with Crippen LogP contribution in [0.15, 0.2) is 59.5 Å². The summed E-state index contributed by atoms with van der Waals surface area (Å²) < 4.78 is 1.07. The normalized spacial score (nSPS) is 11.8. The van der Waals surface area contributed by atoms with E-state index in [1.54, 1.807) is 30.5 Å². The topological polar surface area (TPSA) is 138 Å². The van der Waals surface area contributed by atoms with Crippen molar-refractivity contribution in [1.29, 1.82) is 0 Å². The van der Waals surface area contributed by atoms with Crippen molar-refractivity contribution in [3.8, 4) is 0 Å². The summed E-state index contributed by atoms with van der Waals surface area (Å²) in [5.41, 5.74) is 6.09. The van der Waals surface area contributed by atoms with Crippen molar-refractivity contribution in [3.05, 3.63) is 76.3 Å². The second-order valence-corrected chi connectivity index (χ2v) is 7.58. The van der Waals surface area contributed by atoms with Crippen LogP contribution >= 0.6 is 0 Å². The van der Waals surface area contributed by atoms with E-state index in [1.165, 1.54) is 14.0 Å². The standard InChI is InChI=1S/C23H22N6O4/c1-13(30)25-19(11-14-12-24-18-10-6-5-7-15(14)18)21(31)26-27-22(32)20-16-8-3-4-9-17(16)23(33)29(2)28-20/h3-10,12,19,24H,11H2,1-2H3,(H,25,30)(H,26,31)(H,27,32)/t19-/m0/s1. The van der Waals surface area contributed by atoms with Gasteiger partial charge in [0.2, 0.25) is 5.91 Å². The van der Waals surface area contributed by atoms with Gasteiger partial charge in [0.1, 0.15) is 6.04 Å². The van der Waals surface area contributed by atoms with E-state index >= 15 is 0 Å². The van der Waals surface area contributed by atoms with Crippen molar-refractivity contribution >= 4 is 39.4 Å². The van der Waals surface area contributed by atoms with Crippen molar-refractivity contribution in [2.45, 2.75) is 19.4 Å². The van der Waals surface area contributed by atoms with Crippen molar-refractivity contribution in [3.63, 3.8) is 0 Å². The predicted molar refractivity (Wildman–Crippen MR) is 122 cm³/mol. The maximum absolute atomic E-state index is 12.8. The molecular weight excluding hydrogens is 424 g/mol. The molecule has 10 nitrogen and oxygen atoms in total. The number of fused-ring (bicyclic) bond motifs is 2. The Kier molecular flexibility index (Phi) is 5.90. The number of amides is 3.